The van der Waals surface area contributed by atoms with Crippen molar-refractivity contribution < 1.29 is 14.3 Å². The van der Waals surface area contributed by atoms with E-state index in [4.69, 9.17) is 32.7 Å². The number of nitrogens with zero attached hydrogens (tertiary/aromatic N) is 1. The normalized spacial score (nSPS) is 10.9. The number of amides is 1. The molecule has 32 heavy (non-hydrogen) atoms. The summed E-state index contributed by atoms with van der Waals surface area (Å²) in [6.07, 6.45) is 1.48. The fourth-order valence-corrected chi connectivity index (χ4v) is 3.32. The van der Waals surface area contributed by atoms with Gasteiger partial charge in [0.2, 0.25) is 0 Å². The van der Waals surface area contributed by atoms with E-state index in [9.17, 15) is 10.1 Å². The molecule has 0 saturated carbocycles. The van der Waals surface area contributed by atoms with Crippen LogP contribution < -0.4 is 14.8 Å². The second kappa shape index (κ2) is 10.7. The molecule has 3 aromatic carbocycles. The molecule has 0 bridgehead atoms. The molecule has 7 heteroatoms. The lowest BCUT2D eigenvalue weighted by atomic mass is 10.1. The van der Waals surface area contributed by atoms with Crippen molar-refractivity contribution in [1.29, 1.82) is 5.26 Å². The van der Waals surface area contributed by atoms with E-state index in [-0.39, 0.29) is 5.57 Å². The van der Waals surface area contributed by atoms with Gasteiger partial charge in [-0.15, -0.1) is 0 Å². The van der Waals surface area contributed by atoms with Crippen LogP contribution in [0, 0.1) is 18.3 Å². The Bertz CT molecular complexity index is 1220. The Morgan fingerprint density at radius 2 is 1.88 bits per heavy atom. The van der Waals surface area contributed by atoms with Gasteiger partial charge in [-0.2, -0.15) is 5.26 Å². The van der Waals surface area contributed by atoms with Gasteiger partial charge in [-0.3, -0.25) is 4.79 Å². The van der Waals surface area contributed by atoms with E-state index in [2.05, 4.69) is 5.32 Å². The van der Waals surface area contributed by atoms with Gasteiger partial charge in [0.15, 0.2) is 11.5 Å². The summed E-state index contributed by atoms with van der Waals surface area (Å²) in [6, 6.07) is 19.7. The van der Waals surface area contributed by atoms with Gasteiger partial charge in [0, 0.05) is 15.7 Å². The Kier molecular flexibility index (Phi) is 7.77. The van der Waals surface area contributed by atoms with Crippen molar-refractivity contribution in [3.05, 3.63) is 93.0 Å². The predicted molar refractivity (Wildman–Crippen MR) is 127 cm³/mol. The molecule has 3 rings (SSSR count). The van der Waals surface area contributed by atoms with E-state index in [1.807, 2.05) is 24.3 Å². The number of ether oxygens (including phenoxy) is 2. The summed E-state index contributed by atoms with van der Waals surface area (Å²) in [6.45, 7) is 2.11. The highest BCUT2D eigenvalue weighted by Crippen LogP contribution is 2.30. The number of nitriles is 1. The molecule has 0 aliphatic heterocycles. The van der Waals surface area contributed by atoms with Crippen LogP contribution in [0.5, 0.6) is 11.5 Å². The van der Waals surface area contributed by atoms with E-state index in [1.165, 1.54) is 13.2 Å². The minimum absolute atomic E-state index is 0.0565. The van der Waals surface area contributed by atoms with E-state index in [0.29, 0.717) is 39.4 Å². The van der Waals surface area contributed by atoms with Gasteiger partial charge in [-0.25, -0.2) is 0 Å². The van der Waals surface area contributed by atoms with Crippen LogP contribution in [0.15, 0.2) is 66.2 Å². The summed E-state index contributed by atoms with van der Waals surface area (Å²) in [5.41, 5.74) is 2.75. The summed E-state index contributed by atoms with van der Waals surface area (Å²) < 4.78 is 11.3. The Labute approximate surface area is 196 Å². The van der Waals surface area contributed by atoms with Crippen molar-refractivity contribution >= 4 is 40.9 Å². The first-order valence-electron chi connectivity index (χ1n) is 9.65. The molecule has 0 heterocycles. The van der Waals surface area contributed by atoms with E-state index < -0.39 is 5.91 Å². The molecule has 1 amide bonds. The standard InChI is InChI=1S/C25H20Cl2N2O3/c1-16-21(27)7-4-8-22(16)29-25(30)19(14-28)11-17-9-10-23(24(13-17)31-2)32-15-18-5-3-6-20(26)12-18/h3-13H,15H2,1-2H3,(H,29,30)/b19-11+. The summed E-state index contributed by atoms with van der Waals surface area (Å²) in [5, 5.41) is 13.4. The Morgan fingerprint density at radius 3 is 2.59 bits per heavy atom. The van der Waals surface area contributed by atoms with Crippen molar-refractivity contribution in [1.82, 2.24) is 0 Å². The van der Waals surface area contributed by atoms with E-state index in [0.717, 1.165) is 11.1 Å². The second-order valence-electron chi connectivity index (χ2n) is 6.87. The monoisotopic (exact) mass is 466 g/mol. The van der Waals surface area contributed by atoms with Crippen molar-refractivity contribution in [2.24, 2.45) is 0 Å². The first kappa shape index (κ1) is 23.2. The van der Waals surface area contributed by atoms with Crippen LogP contribution in [0.1, 0.15) is 16.7 Å². The molecule has 0 aliphatic carbocycles. The summed E-state index contributed by atoms with van der Waals surface area (Å²) >= 11 is 12.1. The maximum Gasteiger partial charge on any atom is 0.266 e. The highest BCUT2D eigenvalue weighted by atomic mass is 35.5. The third-order valence-electron chi connectivity index (χ3n) is 4.66. The predicted octanol–water partition coefficient (Wildman–Crippen LogP) is 6.44. The van der Waals surface area contributed by atoms with Crippen molar-refractivity contribution in [2.45, 2.75) is 13.5 Å². The molecule has 162 valence electrons. The number of anilines is 1. The fraction of sp³-hybridized carbons (Fsp3) is 0.120. The van der Waals surface area contributed by atoms with Crippen molar-refractivity contribution in [3.63, 3.8) is 0 Å². The molecule has 0 aromatic heterocycles. The lowest BCUT2D eigenvalue weighted by molar-refractivity contribution is -0.112. The van der Waals surface area contributed by atoms with Crippen LogP contribution in [0.3, 0.4) is 0 Å². The molecule has 0 radical (unpaired) electrons. The fourth-order valence-electron chi connectivity index (χ4n) is 2.93. The average Bonchev–Trinajstić information content (AvgIpc) is 2.79. The highest BCUT2D eigenvalue weighted by Gasteiger charge is 2.13. The van der Waals surface area contributed by atoms with E-state index >= 15 is 0 Å². The van der Waals surface area contributed by atoms with E-state index in [1.54, 1.807) is 49.4 Å². The maximum atomic E-state index is 12.6. The molecule has 5 nitrogen and oxygen atoms in total. The number of hydrogen-bond acceptors (Lipinski definition) is 4. The zero-order valence-corrected chi connectivity index (χ0v) is 19.0. The number of rotatable bonds is 7. The smallest absolute Gasteiger partial charge is 0.266 e. The van der Waals surface area contributed by atoms with Gasteiger partial charge in [-0.1, -0.05) is 47.5 Å². The topological polar surface area (TPSA) is 71.3 Å². The largest absolute Gasteiger partial charge is 0.493 e. The number of benzene rings is 3. The van der Waals surface area contributed by atoms with Crippen LogP contribution >= 0.6 is 23.2 Å². The van der Waals surface area contributed by atoms with Gasteiger partial charge in [-0.05, 0) is 66.1 Å². The molecule has 0 fully saturated rings. The summed E-state index contributed by atoms with van der Waals surface area (Å²) in [7, 11) is 1.52. The average molecular weight is 467 g/mol. The summed E-state index contributed by atoms with van der Waals surface area (Å²) in [5.74, 6) is 0.476. The molecule has 3 aromatic rings. The Balaban J connectivity index is 1.77. The van der Waals surface area contributed by atoms with Gasteiger partial charge in [0.1, 0.15) is 18.2 Å². The molecule has 0 spiro atoms. The van der Waals surface area contributed by atoms with Crippen molar-refractivity contribution in [2.75, 3.05) is 12.4 Å². The Morgan fingerprint density at radius 1 is 1.09 bits per heavy atom. The molecule has 1 N–H and O–H groups in total. The quantitative estimate of drug-likeness (QED) is 0.321. The molecule has 0 atom stereocenters. The first-order chi connectivity index (χ1) is 15.4. The zero-order chi connectivity index (χ0) is 23.1. The number of nitrogens with one attached hydrogen (secondary N) is 1. The van der Waals surface area contributed by atoms with Gasteiger partial charge < -0.3 is 14.8 Å². The lowest BCUT2D eigenvalue weighted by Crippen LogP contribution is -2.14. The number of methoxy groups -OCH3 is 1. The van der Waals surface area contributed by atoms with Crippen LogP contribution in [-0.4, -0.2) is 13.0 Å². The molecule has 0 unspecified atom stereocenters. The molecular weight excluding hydrogens is 447 g/mol. The third-order valence-corrected chi connectivity index (χ3v) is 5.31. The SMILES string of the molecule is COc1cc(/C=C(\C#N)C(=O)Nc2cccc(Cl)c2C)ccc1OCc1cccc(Cl)c1. The van der Waals surface area contributed by atoms with Crippen LogP contribution in [-0.2, 0) is 11.4 Å². The van der Waals surface area contributed by atoms with Gasteiger partial charge in [0.05, 0.1) is 7.11 Å². The maximum absolute atomic E-state index is 12.6. The van der Waals surface area contributed by atoms with Gasteiger partial charge in [0.25, 0.3) is 5.91 Å². The summed E-state index contributed by atoms with van der Waals surface area (Å²) in [4.78, 5) is 12.6. The molecular formula is C25H20Cl2N2O3. The van der Waals surface area contributed by atoms with Gasteiger partial charge >= 0.3 is 0 Å². The minimum Gasteiger partial charge on any atom is -0.493 e. The van der Waals surface area contributed by atoms with Crippen LogP contribution in [0.25, 0.3) is 6.08 Å². The Hall–Kier alpha value is -3.46. The number of hydrogen-bond donors (Lipinski definition) is 1. The minimum atomic E-state index is -0.530. The number of carbonyl (C=O) groups is 1. The van der Waals surface area contributed by atoms with Crippen LogP contribution in [0.4, 0.5) is 5.69 Å². The van der Waals surface area contributed by atoms with Crippen molar-refractivity contribution in [3.8, 4) is 17.6 Å². The third kappa shape index (κ3) is 5.82. The lowest BCUT2D eigenvalue weighted by Gasteiger charge is -2.12. The first-order valence-corrected chi connectivity index (χ1v) is 10.4. The molecule has 0 aliphatic rings. The number of carbonyl (C=O) groups excluding carboxylic acids is 1. The molecule has 0 saturated heterocycles. The van der Waals surface area contributed by atoms with Crippen LogP contribution in [0.2, 0.25) is 10.0 Å². The highest BCUT2D eigenvalue weighted by molar-refractivity contribution is 6.32. The number of halogens is 2. The second-order valence-corrected chi connectivity index (χ2v) is 7.71. The zero-order valence-electron chi connectivity index (χ0n) is 17.5.